The molecule has 0 radical (unpaired) electrons. The van der Waals surface area contributed by atoms with Gasteiger partial charge in [-0.05, 0) is 35.1 Å². The van der Waals surface area contributed by atoms with Gasteiger partial charge in [-0.1, -0.05) is 92.7 Å². The highest BCUT2D eigenvalue weighted by Crippen LogP contribution is 2.27. The average molecular weight is 304 g/mol. The van der Waals surface area contributed by atoms with Gasteiger partial charge in [-0.25, -0.2) is 0 Å². The molecule has 0 amide bonds. The SMILES string of the molecule is CC(C)(Cc1ccccc1)c1ccccc1.Oc1ccccc1. The highest BCUT2D eigenvalue weighted by molar-refractivity contribution is 5.27. The first-order valence-electron chi connectivity index (χ1n) is 7.91. The number of rotatable bonds is 3. The first-order chi connectivity index (χ1) is 11.1. The van der Waals surface area contributed by atoms with Crippen LogP contribution in [-0.2, 0) is 11.8 Å². The minimum absolute atomic E-state index is 0.197. The fourth-order valence-electron chi connectivity index (χ4n) is 2.53. The molecule has 0 spiro atoms. The van der Waals surface area contributed by atoms with Crippen LogP contribution in [0.3, 0.4) is 0 Å². The summed E-state index contributed by atoms with van der Waals surface area (Å²) in [5.74, 6) is 0.322. The van der Waals surface area contributed by atoms with E-state index < -0.39 is 0 Å². The summed E-state index contributed by atoms with van der Waals surface area (Å²) in [6.07, 6.45) is 1.08. The highest BCUT2D eigenvalue weighted by atomic mass is 16.3. The maximum atomic E-state index is 8.63. The quantitative estimate of drug-likeness (QED) is 0.668. The van der Waals surface area contributed by atoms with Gasteiger partial charge in [0.15, 0.2) is 0 Å². The van der Waals surface area contributed by atoms with Crippen LogP contribution in [0.15, 0.2) is 91.0 Å². The molecule has 23 heavy (non-hydrogen) atoms. The van der Waals surface area contributed by atoms with E-state index in [0.29, 0.717) is 5.75 Å². The summed E-state index contributed by atoms with van der Waals surface area (Å²) < 4.78 is 0. The number of hydrogen-bond donors (Lipinski definition) is 1. The second-order valence-electron chi connectivity index (χ2n) is 6.25. The monoisotopic (exact) mass is 304 g/mol. The number of hydrogen-bond acceptors (Lipinski definition) is 1. The molecule has 3 rings (SSSR count). The molecule has 1 heteroatoms. The Morgan fingerprint density at radius 3 is 1.52 bits per heavy atom. The van der Waals surface area contributed by atoms with E-state index >= 15 is 0 Å². The number of benzene rings is 3. The second-order valence-corrected chi connectivity index (χ2v) is 6.25. The Morgan fingerprint density at radius 1 is 0.652 bits per heavy atom. The van der Waals surface area contributed by atoms with Crippen molar-refractivity contribution in [2.24, 2.45) is 0 Å². The summed E-state index contributed by atoms with van der Waals surface area (Å²) in [7, 11) is 0. The van der Waals surface area contributed by atoms with Crippen molar-refractivity contribution in [1.29, 1.82) is 0 Å². The summed E-state index contributed by atoms with van der Waals surface area (Å²) in [5, 5.41) is 8.63. The second kappa shape index (κ2) is 8.19. The molecule has 0 aromatic heterocycles. The lowest BCUT2D eigenvalue weighted by Gasteiger charge is -2.25. The average Bonchev–Trinajstić information content (AvgIpc) is 2.57. The van der Waals surface area contributed by atoms with Gasteiger partial charge in [0, 0.05) is 0 Å². The molecule has 3 aromatic rings. The van der Waals surface area contributed by atoms with Gasteiger partial charge in [-0.2, -0.15) is 0 Å². The van der Waals surface area contributed by atoms with Gasteiger partial charge >= 0.3 is 0 Å². The van der Waals surface area contributed by atoms with Gasteiger partial charge in [0.2, 0.25) is 0 Å². The van der Waals surface area contributed by atoms with Crippen LogP contribution in [0, 0.1) is 0 Å². The Bertz CT molecular complexity index is 673. The topological polar surface area (TPSA) is 20.2 Å². The van der Waals surface area contributed by atoms with Gasteiger partial charge < -0.3 is 5.11 Å². The van der Waals surface area contributed by atoms with E-state index in [1.165, 1.54) is 11.1 Å². The van der Waals surface area contributed by atoms with Crippen LogP contribution in [0.4, 0.5) is 0 Å². The molecule has 118 valence electrons. The summed E-state index contributed by atoms with van der Waals surface area (Å²) in [5.41, 5.74) is 3.00. The molecular formula is C22H24O. The zero-order chi connectivity index (χ0) is 16.5. The van der Waals surface area contributed by atoms with Crippen LogP contribution < -0.4 is 0 Å². The van der Waals surface area contributed by atoms with E-state index in [1.807, 2.05) is 6.07 Å². The van der Waals surface area contributed by atoms with Crippen molar-refractivity contribution >= 4 is 0 Å². The Hall–Kier alpha value is -2.54. The third-order valence-corrected chi connectivity index (χ3v) is 3.80. The number of para-hydroxylation sites is 1. The third-order valence-electron chi connectivity index (χ3n) is 3.80. The van der Waals surface area contributed by atoms with Crippen molar-refractivity contribution in [2.75, 3.05) is 0 Å². The zero-order valence-electron chi connectivity index (χ0n) is 13.8. The summed E-state index contributed by atoms with van der Waals surface area (Å²) >= 11 is 0. The Balaban J connectivity index is 0.000000229. The van der Waals surface area contributed by atoms with Crippen molar-refractivity contribution in [1.82, 2.24) is 0 Å². The van der Waals surface area contributed by atoms with E-state index in [0.717, 1.165) is 6.42 Å². The third kappa shape index (κ3) is 5.63. The lowest BCUT2D eigenvalue weighted by Crippen LogP contribution is -2.20. The summed E-state index contributed by atoms with van der Waals surface area (Å²) in [4.78, 5) is 0. The molecule has 0 bridgehead atoms. The Labute approximate surface area is 139 Å². The van der Waals surface area contributed by atoms with E-state index in [9.17, 15) is 0 Å². The van der Waals surface area contributed by atoms with Crippen LogP contribution in [0.2, 0.25) is 0 Å². The minimum Gasteiger partial charge on any atom is -0.508 e. The van der Waals surface area contributed by atoms with Gasteiger partial charge in [0.05, 0.1) is 0 Å². The largest absolute Gasteiger partial charge is 0.508 e. The number of aromatic hydroxyl groups is 1. The molecule has 0 unspecified atom stereocenters. The van der Waals surface area contributed by atoms with Crippen LogP contribution >= 0.6 is 0 Å². The van der Waals surface area contributed by atoms with E-state index in [-0.39, 0.29) is 5.41 Å². The van der Waals surface area contributed by atoms with Gasteiger partial charge in [0.1, 0.15) is 5.75 Å². The lowest BCUT2D eigenvalue weighted by atomic mass is 9.79. The molecule has 0 aliphatic rings. The first kappa shape index (κ1) is 16.8. The normalized spacial score (nSPS) is 10.5. The van der Waals surface area contributed by atoms with E-state index in [2.05, 4.69) is 74.5 Å². The van der Waals surface area contributed by atoms with Crippen molar-refractivity contribution < 1.29 is 5.11 Å². The fourth-order valence-corrected chi connectivity index (χ4v) is 2.53. The fraction of sp³-hybridized carbons (Fsp3) is 0.182. The van der Waals surface area contributed by atoms with Crippen LogP contribution in [0.1, 0.15) is 25.0 Å². The maximum absolute atomic E-state index is 8.63. The predicted octanol–water partition coefficient (Wildman–Crippen LogP) is 5.60. The molecule has 0 heterocycles. The predicted molar refractivity (Wildman–Crippen MR) is 97.7 cm³/mol. The molecule has 0 fully saturated rings. The molecule has 0 aliphatic carbocycles. The molecule has 3 aromatic carbocycles. The minimum atomic E-state index is 0.197. The highest BCUT2D eigenvalue weighted by Gasteiger charge is 2.20. The molecule has 1 nitrogen and oxygen atoms in total. The van der Waals surface area contributed by atoms with Crippen molar-refractivity contribution in [3.8, 4) is 5.75 Å². The number of phenols is 1. The molecular weight excluding hydrogens is 280 g/mol. The van der Waals surface area contributed by atoms with Crippen LogP contribution in [-0.4, -0.2) is 5.11 Å². The van der Waals surface area contributed by atoms with Gasteiger partial charge in [-0.15, -0.1) is 0 Å². The summed E-state index contributed by atoms with van der Waals surface area (Å²) in [6.45, 7) is 4.60. The summed E-state index contributed by atoms with van der Waals surface area (Å²) in [6, 6.07) is 30.1. The molecule has 0 atom stereocenters. The van der Waals surface area contributed by atoms with Crippen molar-refractivity contribution in [3.63, 3.8) is 0 Å². The molecule has 0 saturated carbocycles. The zero-order valence-corrected chi connectivity index (χ0v) is 13.8. The Kier molecular flexibility index (Phi) is 5.99. The smallest absolute Gasteiger partial charge is 0.115 e. The maximum Gasteiger partial charge on any atom is 0.115 e. The van der Waals surface area contributed by atoms with Gasteiger partial charge in [0.25, 0.3) is 0 Å². The Morgan fingerprint density at radius 2 is 1.09 bits per heavy atom. The molecule has 0 saturated heterocycles. The van der Waals surface area contributed by atoms with E-state index in [4.69, 9.17) is 5.11 Å². The van der Waals surface area contributed by atoms with Gasteiger partial charge in [-0.3, -0.25) is 0 Å². The lowest BCUT2D eigenvalue weighted by molar-refractivity contribution is 0.475. The first-order valence-corrected chi connectivity index (χ1v) is 7.91. The van der Waals surface area contributed by atoms with Crippen molar-refractivity contribution in [2.45, 2.75) is 25.7 Å². The number of phenolic OH excluding ortho intramolecular Hbond substituents is 1. The van der Waals surface area contributed by atoms with Crippen LogP contribution in [0.25, 0.3) is 0 Å². The van der Waals surface area contributed by atoms with E-state index in [1.54, 1.807) is 24.3 Å². The van der Waals surface area contributed by atoms with Crippen LogP contribution in [0.5, 0.6) is 5.75 Å². The standard InChI is InChI=1S/C16H18.C6H6O/c1-16(2,15-11-7-4-8-12-15)13-14-9-5-3-6-10-14;7-6-4-2-1-3-5-6/h3-12H,13H2,1-2H3;1-5,7H. The molecule has 0 aliphatic heterocycles. The van der Waals surface area contributed by atoms with Crippen molar-refractivity contribution in [3.05, 3.63) is 102 Å². The molecule has 1 N–H and O–H groups in total.